The van der Waals surface area contributed by atoms with Crippen molar-refractivity contribution in [2.45, 2.75) is 32.3 Å². The fourth-order valence-electron chi connectivity index (χ4n) is 2.17. The molecular formula is C14H22N2O2S. The molecular weight excluding hydrogens is 260 g/mol. The van der Waals surface area contributed by atoms with Crippen molar-refractivity contribution in [1.29, 1.82) is 0 Å². The summed E-state index contributed by atoms with van der Waals surface area (Å²) in [6, 6.07) is 1.97. The van der Waals surface area contributed by atoms with Gasteiger partial charge in [0.25, 0.3) is 5.91 Å². The Morgan fingerprint density at radius 2 is 2.32 bits per heavy atom. The summed E-state index contributed by atoms with van der Waals surface area (Å²) in [5.41, 5.74) is 1.05. The number of nitrogens with one attached hydrogen (secondary N) is 2. The maximum atomic E-state index is 11.8. The zero-order valence-electron chi connectivity index (χ0n) is 11.4. The van der Waals surface area contributed by atoms with E-state index in [4.69, 9.17) is 4.74 Å². The molecule has 0 spiro atoms. The third-order valence-corrected chi connectivity index (χ3v) is 4.33. The van der Waals surface area contributed by atoms with Crippen LogP contribution >= 0.6 is 11.3 Å². The van der Waals surface area contributed by atoms with Crippen LogP contribution in [-0.2, 0) is 4.74 Å². The van der Waals surface area contributed by atoms with E-state index in [1.54, 1.807) is 0 Å². The molecule has 4 nitrogen and oxygen atoms in total. The SMILES string of the molecule is Cc1ccsc1C(=O)NCCCOC1CCNCC1. The molecule has 1 amide bonds. The van der Waals surface area contributed by atoms with Crippen LogP contribution < -0.4 is 10.6 Å². The fourth-order valence-corrected chi connectivity index (χ4v) is 3.01. The number of hydrogen-bond donors (Lipinski definition) is 2. The standard InChI is InChI=1S/C14H22N2O2S/c1-11-5-10-19-13(11)14(17)16-6-2-9-18-12-3-7-15-8-4-12/h5,10,12,15H,2-4,6-9H2,1H3,(H,16,17). The summed E-state index contributed by atoms with van der Waals surface area (Å²) >= 11 is 1.49. The highest BCUT2D eigenvalue weighted by atomic mass is 32.1. The first-order chi connectivity index (χ1) is 9.27. The zero-order chi connectivity index (χ0) is 13.5. The van der Waals surface area contributed by atoms with Crippen LogP contribution in [0.2, 0.25) is 0 Å². The van der Waals surface area contributed by atoms with E-state index in [2.05, 4.69) is 10.6 Å². The van der Waals surface area contributed by atoms with Gasteiger partial charge in [0, 0.05) is 13.2 Å². The summed E-state index contributed by atoms with van der Waals surface area (Å²) in [4.78, 5) is 12.7. The predicted octanol–water partition coefficient (Wildman–Crippen LogP) is 1.95. The van der Waals surface area contributed by atoms with Crippen molar-refractivity contribution >= 4 is 17.2 Å². The van der Waals surface area contributed by atoms with E-state index in [1.165, 1.54) is 11.3 Å². The molecule has 5 heteroatoms. The van der Waals surface area contributed by atoms with Gasteiger partial charge in [-0.2, -0.15) is 0 Å². The maximum Gasteiger partial charge on any atom is 0.261 e. The van der Waals surface area contributed by atoms with E-state index in [0.29, 0.717) is 12.6 Å². The number of rotatable bonds is 6. The summed E-state index contributed by atoms with van der Waals surface area (Å²) in [7, 11) is 0. The molecule has 1 saturated heterocycles. The minimum Gasteiger partial charge on any atom is -0.378 e. The zero-order valence-corrected chi connectivity index (χ0v) is 12.2. The molecule has 1 aliphatic rings. The summed E-state index contributed by atoms with van der Waals surface area (Å²) in [5, 5.41) is 8.21. The van der Waals surface area contributed by atoms with E-state index in [0.717, 1.165) is 49.4 Å². The van der Waals surface area contributed by atoms with E-state index in [9.17, 15) is 4.79 Å². The lowest BCUT2D eigenvalue weighted by atomic mass is 10.1. The molecule has 0 saturated carbocycles. The van der Waals surface area contributed by atoms with E-state index < -0.39 is 0 Å². The highest BCUT2D eigenvalue weighted by molar-refractivity contribution is 7.12. The van der Waals surface area contributed by atoms with Crippen LogP contribution in [0.5, 0.6) is 0 Å². The Labute approximate surface area is 118 Å². The van der Waals surface area contributed by atoms with Crippen LogP contribution in [0.3, 0.4) is 0 Å². The van der Waals surface area contributed by atoms with Crippen molar-refractivity contribution < 1.29 is 9.53 Å². The molecule has 0 bridgehead atoms. The van der Waals surface area contributed by atoms with Gasteiger partial charge in [-0.3, -0.25) is 4.79 Å². The smallest absolute Gasteiger partial charge is 0.261 e. The maximum absolute atomic E-state index is 11.8. The minimum absolute atomic E-state index is 0.0365. The Kier molecular flexibility index (Phi) is 5.82. The van der Waals surface area contributed by atoms with Gasteiger partial charge in [-0.05, 0) is 56.3 Å². The highest BCUT2D eigenvalue weighted by Crippen LogP contribution is 2.14. The highest BCUT2D eigenvalue weighted by Gasteiger charge is 2.13. The van der Waals surface area contributed by atoms with Gasteiger partial charge in [-0.15, -0.1) is 11.3 Å². The number of ether oxygens (including phenoxy) is 1. The van der Waals surface area contributed by atoms with E-state index in [-0.39, 0.29) is 5.91 Å². The Balaban J connectivity index is 1.56. The molecule has 0 atom stereocenters. The van der Waals surface area contributed by atoms with Crippen molar-refractivity contribution in [1.82, 2.24) is 10.6 Å². The van der Waals surface area contributed by atoms with Crippen molar-refractivity contribution in [3.8, 4) is 0 Å². The molecule has 1 fully saturated rings. The Morgan fingerprint density at radius 3 is 3.00 bits per heavy atom. The second kappa shape index (κ2) is 7.62. The molecule has 0 radical (unpaired) electrons. The van der Waals surface area contributed by atoms with Gasteiger partial charge in [0.05, 0.1) is 11.0 Å². The number of carbonyl (C=O) groups excluding carboxylic acids is 1. The first-order valence-corrected chi connectivity index (χ1v) is 7.80. The average molecular weight is 282 g/mol. The van der Waals surface area contributed by atoms with Crippen LogP contribution in [-0.4, -0.2) is 38.3 Å². The van der Waals surface area contributed by atoms with Gasteiger partial charge >= 0.3 is 0 Å². The molecule has 0 unspecified atom stereocenters. The minimum atomic E-state index is 0.0365. The second-order valence-corrected chi connectivity index (χ2v) is 5.78. The van der Waals surface area contributed by atoms with Crippen molar-refractivity contribution in [3.05, 3.63) is 21.9 Å². The van der Waals surface area contributed by atoms with Gasteiger partial charge < -0.3 is 15.4 Å². The van der Waals surface area contributed by atoms with Gasteiger partial charge in [-0.25, -0.2) is 0 Å². The molecule has 106 valence electrons. The Bertz CT molecular complexity index is 400. The molecule has 2 rings (SSSR count). The first kappa shape index (κ1) is 14.5. The van der Waals surface area contributed by atoms with Crippen LogP contribution in [0, 0.1) is 6.92 Å². The second-order valence-electron chi connectivity index (χ2n) is 4.86. The number of piperidine rings is 1. The Hall–Kier alpha value is -0.910. The summed E-state index contributed by atoms with van der Waals surface area (Å²) < 4.78 is 5.79. The summed E-state index contributed by atoms with van der Waals surface area (Å²) in [6.45, 7) is 5.49. The predicted molar refractivity (Wildman–Crippen MR) is 77.8 cm³/mol. The molecule has 1 aromatic heterocycles. The topological polar surface area (TPSA) is 50.4 Å². The number of aryl methyl sites for hydroxylation is 1. The number of hydrogen-bond acceptors (Lipinski definition) is 4. The van der Waals surface area contributed by atoms with Crippen LogP contribution in [0.25, 0.3) is 0 Å². The van der Waals surface area contributed by atoms with Crippen molar-refractivity contribution in [2.24, 2.45) is 0 Å². The molecule has 2 heterocycles. The molecule has 1 aromatic rings. The average Bonchev–Trinajstić information content (AvgIpc) is 2.86. The number of thiophene rings is 1. The van der Waals surface area contributed by atoms with E-state index in [1.807, 2.05) is 18.4 Å². The largest absolute Gasteiger partial charge is 0.378 e. The van der Waals surface area contributed by atoms with Gasteiger partial charge in [0.1, 0.15) is 0 Å². The lowest BCUT2D eigenvalue weighted by Crippen LogP contribution is -2.33. The third kappa shape index (κ3) is 4.60. The summed E-state index contributed by atoms with van der Waals surface area (Å²) in [6.07, 6.45) is 3.47. The van der Waals surface area contributed by atoms with Crippen molar-refractivity contribution in [3.63, 3.8) is 0 Å². The molecule has 0 aromatic carbocycles. The van der Waals surface area contributed by atoms with Crippen LogP contribution in [0.15, 0.2) is 11.4 Å². The van der Waals surface area contributed by atoms with Crippen LogP contribution in [0.4, 0.5) is 0 Å². The quantitative estimate of drug-likeness (QED) is 0.784. The lowest BCUT2D eigenvalue weighted by Gasteiger charge is -2.22. The molecule has 19 heavy (non-hydrogen) atoms. The van der Waals surface area contributed by atoms with E-state index >= 15 is 0 Å². The third-order valence-electron chi connectivity index (χ3n) is 3.31. The van der Waals surface area contributed by atoms with Crippen molar-refractivity contribution in [2.75, 3.05) is 26.2 Å². The lowest BCUT2D eigenvalue weighted by molar-refractivity contribution is 0.0318. The van der Waals surface area contributed by atoms with Gasteiger partial charge in [-0.1, -0.05) is 0 Å². The summed E-state index contributed by atoms with van der Waals surface area (Å²) in [5.74, 6) is 0.0365. The van der Waals surface area contributed by atoms with Crippen LogP contribution in [0.1, 0.15) is 34.5 Å². The number of amides is 1. The van der Waals surface area contributed by atoms with Gasteiger partial charge in [0.15, 0.2) is 0 Å². The fraction of sp³-hybridized carbons (Fsp3) is 0.643. The Morgan fingerprint density at radius 1 is 1.53 bits per heavy atom. The normalized spacial score (nSPS) is 16.5. The molecule has 0 aliphatic carbocycles. The molecule has 1 aliphatic heterocycles. The van der Waals surface area contributed by atoms with Gasteiger partial charge in [0.2, 0.25) is 0 Å². The molecule has 2 N–H and O–H groups in total. The number of carbonyl (C=O) groups is 1. The monoisotopic (exact) mass is 282 g/mol. The first-order valence-electron chi connectivity index (χ1n) is 6.92.